The number of aliphatic hydroxyl groups is 1. The first-order valence-electron chi connectivity index (χ1n) is 6.47. The van der Waals surface area contributed by atoms with Gasteiger partial charge >= 0.3 is 0 Å². The Kier molecular flexibility index (Phi) is 5.65. The van der Waals surface area contributed by atoms with E-state index in [1.54, 1.807) is 33.0 Å². The molecular formula is C15H22FNO3. The lowest BCUT2D eigenvalue weighted by molar-refractivity contribution is -0.136. The zero-order valence-corrected chi connectivity index (χ0v) is 12.4. The van der Waals surface area contributed by atoms with Gasteiger partial charge in [-0.25, -0.2) is 4.39 Å². The molecule has 1 N–H and O–H groups in total. The van der Waals surface area contributed by atoms with Gasteiger partial charge in [-0.2, -0.15) is 0 Å². The summed E-state index contributed by atoms with van der Waals surface area (Å²) in [6.45, 7) is 3.82. The van der Waals surface area contributed by atoms with Gasteiger partial charge in [0, 0.05) is 20.7 Å². The Hall–Kier alpha value is -1.46. The average Bonchev–Trinajstić information content (AvgIpc) is 2.37. The fourth-order valence-corrected chi connectivity index (χ4v) is 2.12. The zero-order chi connectivity index (χ0) is 15.3. The molecule has 0 aliphatic heterocycles. The van der Waals surface area contributed by atoms with Gasteiger partial charge < -0.3 is 14.7 Å². The van der Waals surface area contributed by atoms with Crippen molar-refractivity contribution in [2.45, 2.75) is 25.4 Å². The summed E-state index contributed by atoms with van der Waals surface area (Å²) < 4.78 is 18.1. The molecule has 0 heterocycles. The van der Waals surface area contributed by atoms with Crippen LogP contribution in [0.1, 0.15) is 19.4 Å². The summed E-state index contributed by atoms with van der Waals surface area (Å²) >= 11 is 0. The van der Waals surface area contributed by atoms with E-state index >= 15 is 0 Å². The van der Waals surface area contributed by atoms with Gasteiger partial charge in [-0.3, -0.25) is 4.79 Å². The molecule has 112 valence electrons. The number of rotatable bonds is 6. The molecule has 1 rings (SSSR count). The van der Waals surface area contributed by atoms with Crippen LogP contribution in [0.2, 0.25) is 0 Å². The number of carbonyl (C=O) groups excluding carboxylic acids is 1. The molecule has 0 spiro atoms. The van der Waals surface area contributed by atoms with Crippen LogP contribution in [-0.4, -0.2) is 49.3 Å². The van der Waals surface area contributed by atoms with Gasteiger partial charge in [0.25, 0.3) is 0 Å². The highest BCUT2D eigenvalue weighted by Crippen LogP contribution is 2.26. The second-order valence-corrected chi connectivity index (χ2v) is 5.43. The van der Waals surface area contributed by atoms with Crippen molar-refractivity contribution in [2.24, 2.45) is 0 Å². The molecule has 1 amide bonds. The lowest BCUT2D eigenvalue weighted by Gasteiger charge is -2.31. The fraction of sp³-hybridized carbons (Fsp3) is 0.533. The summed E-state index contributed by atoms with van der Waals surface area (Å²) in [5.41, 5.74) is -0.250. The average molecular weight is 283 g/mol. The molecule has 0 radical (unpaired) electrons. The van der Waals surface area contributed by atoms with E-state index in [1.807, 2.05) is 0 Å². The van der Waals surface area contributed by atoms with Crippen molar-refractivity contribution in [3.8, 4) is 0 Å². The number of halogens is 1. The van der Waals surface area contributed by atoms with Crippen molar-refractivity contribution in [1.29, 1.82) is 0 Å². The Morgan fingerprint density at radius 3 is 2.70 bits per heavy atom. The molecule has 1 aromatic carbocycles. The van der Waals surface area contributed by atoms with Crippen molar-refractivity contribution in [3.05, 3.63) is 35.6 Å². The van der Waals surface area contributed by atoms with Gasteiger partial charge in [-0.05, 0) is 31.5 Å². The van der Waals surface area contributed by atoms with Crippen molar-refractivity contribution in [1.82, 2.24) is 4.90 Å². The fourth-order valence-electron chi connectivity index (χ4n) is 2.12. The summed E-state index contributed by atoms with van der Waals surface area (Å²) in [5, 5.41) is 9.67. The Bertz CT molecular complexity index is 462. The summed E-state index contributed by atoms with van der Waals surface area (Å²) in [5.74, 6) is -0.552. The molecule has 0 bridgehead atoms. The second-order valence-electron chi connectivity index (χ2n) is 5.43. The molecule has 4 nitrogen and oxygen atoms in total. The maximum atomic E-state index is 13.3. The Morgan fingerprint density at radius 1 is 1.50 bits per heavy atom. The zero-order valence-electron chi connectivity index (χ0n) is 12.4. The standard InChI is InChI=1S/C15H22FNO3/c1-15(2,11-6-5-7-12(16)8-11)14(19)17(3)9-13(18)10-20-4/h5-8,13,18H,9-10H2,1-4H3/t13-/m0/s1. The van der Waals surface area contributed by atoms with Crippen LogP contribution in [0, 0.1) is 5.82 Å². The van der Waals surface area contributed by atoms with Crippen LogP contribution in [0.5, 0.6) is 0 Å². The van der Waals surface area contributed by atoms with Crippen LogP contribution < -0.4 is 0 Å². The molecule has 5 heteroatoms. The highest BCUT2D eigenvalue weighted by Gasteiger charge is 2.33. The monoisotopic (exact) mass is 283 g/mol. The van der Waals surface area contributed by atoms with E-state index in [4.69, 9.17) is 4.74 Å². The first-order valence-corrected chi connectivity index (χ1v) is 6.47. The van der Waals surface area contributed by atoms with Gasteiger partial charge in [0.2, 0.25) is 5.91 Å². The first-order chi connectivity index (χ1) is 9.28. The summed E-state index contributed by atoms with van der Waals surface area (Å²) in [7, 11) is 3.10. The Balaban J connectivity index is 2.83. The highest BCUT2D eigenvalue weighted by atomic mass is 19.1. The summed E-state index contributed by atoms with van der Waals surface area (Å²) in [6, 6.07) is 6.01. The number of amides is 1. The highest BCUT2D eigenvalue weighted by molar-refractivity contribution is 5.87. The van der Waals surface area contributed by atoms with Crippen LogP contribution in [-0.2, 0) is 14.9 Å². The number of ether oxygens (including phenoxy) is 1. The molecule has 0 aliphatic rings. The SMILES string of the molecule is COC[C@@H](O)CN(C)C(=O)C(C)(C)c1cccc(F)c1. The third-order valence-corrected chi connectivity index (χ3v) is 3.27. The van der Waals surface area contributed by atoms with E-state index < -0.39 is 11.5 Å². The first kappa shape index (κ1) is 16.6. The predicted molar refractivity (Wildman–Crippen MR) is 74.9 cm³/mol. The van der Waals surface area contributed by atoms with E-state index in [0.717, 1.165) is 0 Å². The predicted octanol–water partition coefficient (Wildman–Crippen LogP) is 1.57. The number of hydrogen-bond acceptors (Lipinski definition) is 3. The van der Waals surface area contributed by atoms with Crippen molar-refractivity contribution in [3.63, 3.8) is 0 Å². The molecule has 1 atom stereocenters. The van der Waals surface area contributed by atoms with Crippen molar-refractivity contribution < 1.29 is 19.0 Å². The molecule has 0 unspecified atom stereocenters. The third-order valence-electron chi connectivity index (χ3n) is 3.27. The van der Waals surface area contributed by atoms with E-state index in [1.165, 1.54) is 24.1 Å². The number of hydrogen-bond donors (Lipinski definition) is 1. The molecular weight excluding hydrogens is 261 g/mol. The molecule has 0 fully saturated rings. The van der Waals surface area contributed by atoms with Gasteiger partial charge in [0.05, 0.1) is 18.1 Å². The molecule has 20 heavy (non-hydrogen) atoms. The van der Waals surface area contributed by atoms with E-state index in [-0.39, 0.29) is 24.9 Å². The van der Waals surface area contributed by atoms with E-state index in [0.29, 0.717) is 5.56 Å². The Labute approximate surface area is 119 Å². The minimum atomic E-state index is -0.857. The normalized spacial score (nSPS) is 13.1. The molecule has 0 saturated carbocycles. The number of likely N-dealkylation sites (N-methyl/N-ethyl adjacent to an activating group) is 1. The minimum absolute atomic E-state index is 0.165. The molecule has 0 aliphatic carbocycles. The quantitative estimate of drug-likeness (QED) is 0.862. The second kappa shape index (κ2) is 6.81. The van der Waals surface area contributed by atoms with Gasteiger partial charge in [-0.1, -0.05) is 12.1 Å². The number of carbonyl (C=O) groups is 1. The molecule has 1 aromatic rings. The van der Waals surface area contributed by atoms with Crippen molar-refractivity contribution in [2.75, 3.05) is 27.3 Å². The number of methoxy groups -OCH3 is 1. The maximum Gasteiger partial charge on any atom is 0.232 e. The molecule has 0 aromatic heterocycles. The topological polar surface area (TPSA) is 49.8 Å². The summed E-state index contributed by atoms with van der Waals surface area (Å²) in [6.07, 6.45) is -0.739. The number of aliphatic hydroxyl groups excluding tert-OH is 1. The van der Waals surface area contributed by atoms with Crippen LogP contribution in [0.25, 0.3) is 0 Å². The third kappa shape index (κ3) is 4.02. The van der Waals surface area contributed by atoms with Crippen LogP contribution in [0.15, 0.2) is 24.3 Å². The van der Waals surface area contributed by atoms with E-state index in [2.05, 4.69) is 0 Å². The minimum Gasteiger partial charge on any atom is -0.389 e. The largest absolute Gasteiger partial charge is 0.389 e. The lowest BCUT2D eigenvalue weighted by Crippen LogP contribution is -2.45. The Morgan fingerprint density at radius 2 is 2.15 bits per heavy atom. The number of nitrogens with zero attached hydrogens (tertiary/aromatic N) is 1. The van der Waals surface area contributed by atoms with Crippen LogP contribution >= 0.6 is 0 Å². The summed E-state index contributed by atoms with van der Waals surface area (Å²) in [4.78, 5) is 13.9. The van der Waals surface area contributed by atoms with Gasteiger partial charge in [0.1, 0.15) is 5.82 Å². The van der Waals surface area contributed by atoms with Gasteiger partial charge in [-0.15, -0.1) is 0 Å². The van der Waals surface area contributed by atoms with Gasteiger partial charge in [0.15, 0.2) is 0 Å². The lowest BCUT2D eigenvalue weighted by atomic mass is 9.83. The van der Waals surface area contributed by atoms with E-state index in [9.17, 15) is 14.3 Å². The van der Waals surface area contributed by atoms with Crippen LogP contribution in [0.3, 0.4) is 0 Å². The molecule has 0 saturated heterocycles. The van der Waals surface area contributed by atoms with Crippen LogP contribution in [0.4, 0.5) is 4.39 Å². The van der Waals surface area contributed by atoms with Crippen molar-refractivity contribution >= 4 is 5.91 Å². The number of benzene rings is 1. The maximum absolute atomic E-state index is 13.3. The smallest absolute Gasteiger partial charge is 0.232 e.